The lowest BCUT2D eigenvalue weighted by Crippen LogP contribution is -2.27. The number of fused-ring (bicyclic) bond motifs is 1. The van der Waals surface area contributed by atoms with Crippen LogP contribution in [0.1, 0.15) is 38.1 Å². The van der Waals surface area contributed by atoms with Gasteiger partial charge in [0.1, 0.15) is 5.82 Å². The number of benzene rings is 1. The quantitative estimate of drug-likeness (QED) is 0.812. The van der Waals surface area contributed by atoms with Crippen molar-refractivity contribution in [3.8, 4) is 0 Å². The van der Waals surface area contributed by atoms with E-state index in [0.29, 0.717) is 6.54 Å². The molecule has 0 fully saturated rings. The minimum Gasteiger partial charge on any atom is -0.329 e. The number of rotatable bonds is 8. The van der Waals surface area contributed by atoms with Gasteiger partial charge in [0.25, 0.3) is 0 Å². The van der Waals surface area contributed by atoms with Gasteiger partial charge in [-0.05, 0) is 50.6 Å². The summed E-state index contributed by atoms with van der Waals surface area (Å²) in [7, 11) is 0. The first kappa shape index (κ1) is 16.0. The van der Waals surface area contributed by atoms with E-state index in [2.05, 4.69) is 48.4 Å². The third kappa shape index (κ3) is 3.83. The van der Waals surface area contributed by atoms with Gasteiger partial charge in [0.05, 0.1) is 17.6 Å². The summed E-state index contributed by atoms with van der Waals surface area (Å²) in [5.41, 5.74) is 9.34. The van der Waals surface area contributed by atoms with Crippen molar-refractivity contribution in [3.05, 3.63) is 29.6 Å². The zero-order valence-corrected chi connectivity index (χ0v) is 13.6. The fraction of sp³-hybridized carbons (Fsp3) is 0.588. The molecule has 0 amide bonds. The first-order valence-electron chi connectivity index (χ1n) is 8.07. The zero-order valence-electron chi connectivity index (χ0n) is 13.6. The van der Waals surface area contributed by atoms with Crippen LogP contribution < -0.4 is 5.73 Å². The van der Waals surface area contributed by atoms with Crippen LogP contribution in [0.15, 0.2) is 18.2 Å². The Morgan fingerprint density at radius 3 is 2.52 bits per heavy atom. The normalized spacial score (nSPS) is 11.7. The van der Waals surface area contributed by atoms with Gasteiger partial charge < -0.3 is 10.3 Å². The van der Waals surface area contributed by atoms with Crippen LogP contribution in [0.25, 0.3) is 11.0 Å². The predicted molar refractivity (Wildman–Crippen MR) is 89.4 cm³/mol. The lowest BCUT2D eigenvalue weighted by atomic mass is 10.2. The smallest absolute Gasteiger partial charge is 0.124 e. The molecular formula is C17H28N4. The highest BCUT2D eigenvalue weighted by Gasteiger charge is 2.13. The van der Waals surface area contributed by atoms with Crippen molar-refractivity contribution in [2.45, 2.75) is 46.7 Å². The van der Waals surface area contributed by atoms with Gasteiger partial charge in [0, 0.05) is 13.1 Å². The Labute approximate surface area is 128 Å². The monoisotopic (exact) mass is 288 g/mol. The molecule has 4 heteroatoms. The molecule has 0 saturated carbocycles. The van der Waals surface area contributed by atoms with Gasteiger partial charge in [-0.1, -0.05) is 19.9 Å². The lowest BCUT2D eigenvalue weighted by Gasteiger charge is -2.21. The van der Waals surface area contributed by atoms with Crippen LogP contribution in [-0.4, -0.2) is 34.1 Å². The van der Waals surface area contributed by atoms with Crippen LogP contribution in [0.3, 0.4) is 0 Å². The van der Waals surface area contributed by atoms with Crippen LogP contribution >= 0.6 is 0 Å². The summed E-state index contributed by atoms with van der Waals surface area (Å²) in [5.74, 6) is 1.14. The maximum atomic E-state index is 5.80. The van der Waals surface area contributed by atoms with Crippen molar-refractivity contribution in [2.75, 3.05) is 19.6 Å². The van der Waals surface area contributed by atoms with E-state index in [1.165, 1.54) is 23.9 Å². The molecule has 0 spiro atoms. The molecule has 2 rings (SSSR count). The average Bonchev–Trinajstić information content (AvgIpc) is 2.77. The second-order valence-corrected chi connectivity index (χ2v) is 5.74. The highest BCUT2D eigenvalue weighted by molar-refractivity contribution is 5.76. The third-order valence-electron chi connectivity index (χ3n) is 3.78. The minimum atomic E-state index is 0.647. The molecule has 0 saturated heterocycles. The summed E-state index contributed by atoms with van der Waals surface area (Å²) in [6, 6.07) is 6.48. The molecule has 0 aliphatic rings. The summed E-state index contributed by atoms with van der Waals surface area (Å²) in [5, 5.41) is 0. The van der Waals surface area contributed by atoms with Gasteiger partial charge in [-0.2, -0.15) is 0 Å². The van der Waals surface area contributed by atoms with Crippen molar-refractivity contribution in [2.24, 2.45) is 5.73 Å². The third-order valence-corrected chi connectivity index (χ3v) is 3.78. The number of nitrogens with two attached hydrogens (primary N) is 1. The van der Waals surface area contributed by atoms with Crippen molar-refractivity contribution in [1.29, 1.82) is 0 Å². The number of imidazole rings is 1. The lowest BCUT2D eigenvalue weighted by molar-refractivity contribution is 0.257. The van der Waals surface area contributed by atoms with Crippen LogP contribution in [-0.2, 0) is 13.1 Å². The van der Waals surface area contributed by atoms with Gasteiger partial charge in [-0.25, -0.2) is 4.98 Å². The number of nitrogens with zero attached hydrogens (tertiary/aromatic N) is 3. The summed E-state index contributed by atoms with van der Waals surface area (Å²) in [6.07, 6.45) is 2.35. The van der Waals surface area contributed by atoms with Gasteiger partial charge in [0.2, 0.25) is 0 Å². The van der Waals surface area contributed by atoms with Crippen LogP contribution in [0, 0.1) is 6.92 Å². The van der Waals surface area contributed by atoms with Crippen LogP contribution in [0.2, 0.25) is 0 Å². The largest absolute Gasteiger partial charge is 0.329 e. The first-order chi connectivity index (χ1) is 10.2. The molecule has 0 aliphatic heterocycles. The highest BCUT2D eigenvalue weighted by atomic mass is 15.2. The second kappa shape index (κ2) is 7.57. The van der Waals surface area contributed by atoms with E-state index in [9.17, 15) is 0 Å². The van der Waals surface area contributed by atoms with E-state index in [1.54, 1.807) is 0 Å². The Morgan fingerprint density at radius 2 is 1.90 bits per heavy atom. The summed E-state index contributed by atoms with van der Waals surface area (Å²) in [6.45, 7) is 11.2. The van der Waals surface area contributed by atoms with Crippen molar-refractivity contribution >= 4 is 11.0 Å². The van der Waals surface area contributed by atoms with Crippen molar-refractivity contribution in [1.82, 2.24) is 14.5 Å². The highest BCUT2D eigenvalue weighted by Crippen LogP contribution is 2.19. The van der Waals surface area contributed by atoms with Gasteiger partial charge >= 0.3 is 0 Å². The predicted octanol–water partition coefficient (Wildman–Crippen LogP) is 2.93. The van der Waals surface area contributed by atoms with E-state index >= 15 is 0 Å². The SMILES string of the molecule is CCCN(CCC)Cc1nc2cc(C)ccc2n1CCN. The van der Waals surface area contributed by atoms with E-state index in [1.807, 2.05) is 0 Å². The Kier molecular flexibility index (Phi) is 5.76. The number of hydrogen-bond acceptors (Lipinski definition) is 3. The van der Waals surface area contributed by atoms with E-state index in [-0.39, 0.29) is 0 Å². The molecule has 0 bridgehead atoms. The molecule has 4 nitrogen and oxygen atoms in total. The molecule has 1 aromatic heterocycles. The Balaban J connectivity index is 2.34. The topological polar surface area (TPSA) is 47.1 Å². The zero-order chi connectivity index (χ0) is 15.2. The Morgan fingerprint density at radius 1 is 1.19 bits per heavy atom. The molecule has 2 aromatic rings. The molecule has 1 heterocycles. The summed E-state index contributed by atoms with van der Waals surface area (Å²) >= 11 is 0. The maximum absolute atomic E-state index is 5.80. The second-order valence-electron chi connectivity index (χ2n) is 5.74. The van der Waals surface area contributed by atoms with E-state index in [4.69, 9.17) is 10.7 Å². The number of aromatic nitrogens is 2. The fourth-order valence-electron chi connectivity index (χ4n) is 2.89. The number of aryl methyl sites for hydroxylation is 1. The van der Waals surface area contributed by atoms with Crippen molar-refractivity contribution in [3.63, 3.8) is 0 Å². The van der Waals surface area contributed by atoms with Gasteiger partial charge in [-0.3, -0.25) is 4.90 Å². The van der Waals surface area contributed by atoms with E-state index < -0.39 is 0 Å². The average molecular weight is 288 g/mol. The van der Waals surface area contributed by atoms with Crippen LogP contribution in [0.5, 0.6) is 0 Å². The Bertz CT molecular complexity index is 567. The summed E-state index contributed by atoms with van der Waals surface area (Å²) in [4.78, 5) is 7.35. The molecule has 0 radical (unpaired) electrons. The molecule has 21 heavy (non-hydrogen) atoms. The molecule has 2 N–H and O–H groups in total. The molecule has 0 aliphatic carbocycles. The van der Waals surface area contributed by atoms with Gasteiger partial charge in [-0.15, -0.1) is 0 Å². The summed E-state index contributed by atoms with van der Waals surface area (Å²) < 4.78 is 2.28. The molecule has 1 aromatic carbocycles. The van der Waals surface area contributed by atoms with Crippen LogP contribution in [0.4, 0.5) is 0 Å². The molecular weight excluding hydrogens is 260 g/mol. The fourth-order valence-corrected chi connectivity index (χ4v) is 2.89. The standard InChI is InChI=1S/C17H28N4/c1-4-9-20(10-5-2)13-17-19-15-12-14(3)6-7-16(15)21(17)11-8-18/h6-7,12H,4-5,8-11,13,18H2,1-3H3. The molecule has 0 unspecified atom stereocenters. The molecule has 0 atom stereocenters. The van der Waals surface area contributed by atoms with E-state index in [0.717, 1.165) is 37.5 Å². The first-order valence-corrected chi connectivity index (χ1v) is 8.07. The van der Waals surface area contributed by atoms with Crippen molar-refractivity contribution < 1.29 is 0 Å². The minimum absolute atomic E-state index is 0.647. The molecule has 116 valence electrons. The van der Waals surface area contributed by atoms with Gasteiger partial charge in [0.15, 0.2) is 0 Å². The number of hydrogen-bond donors (Lipinski definition) is 1. The Hall–Kier alpha value is -1.39. The maximum Gasteiger partial charge on any atom is 0.124 e.